The Bertz CT molecular complexity index is 798. The molecule has 2 heterocycles. The van der Waals surface area contributed by atoms with Crippen LogP contribution in [0.25, 0.3) is 0 Å². The number of rotatable bonds is 4. The molecule has 2 aromatic heterocycles. The molecule has 0 radical (unpaired) electrons. The second kappa shape index (κ2) is 6.07. The van der Waals surface area contributed by atoms with Crippen molar-refractivity contribution in [2.75, 3.05) is 5.32 Å². The van der Waals surface area contributed by atoms with E-state index in [2.05, 4.69) is 15.6 Å². The molecule has 3 aromatic rings. The summed E-state index contributed by atoms with van der Waals surface area (Å²) in [6, 6.07) is 8.24. The topological polar surface area (TPSA) is 59.8 Å². The van der Waals surface area contributed by atoms with E-state index in [4.69, 9.17) is 0 Å². The Hall–Kier alpha value is -2.54. The molecule has 0 aliphatic carbocycles. The minimum Gasteiger partial charge on any atom is -0.303 e. The highest BCUT2D eigenvalue weighted by Crippen LogP contribution is 2.15. The number of hydrogen-bond acceptors (Lipinski definition) is 4. The van der Waals surface area contributed by atoms with E-state index in [0.29, 0.717) is 22.6 Å². The van der Waals surface area contributed by atoms with Crippen LogP contribution in [0.4, 0.5) is 10.2 Å². The monoisotopic (exact) mass is 316 g/mol. The Balaban J connectivity index is 1.78. The lowest BCUT2D eigenvalue weighted by molar-refractivity contribution is 0.102. The van der Waals surface area contributed by atoms with Crippen LogP contribution in [0.2, 0.25) is 0 Å². The first-order chi connectivity index (χ1) is 10.6. The molecular formula is C15H13FN4OS. The van der Waals surface area contributed by atoms with Crippen molar-refractivity contribution in [2.45, 2.75) is 13.5 Å². The van der Waals surface area contributed by atoms with Gasteiger partial charge in [-0.05, 0) is 24.4 Å². The van der Waals surface area contributed by atoms with Crippen LogP contribution in [0.3, 0.4) is 0 Å². The average Bonchev–Trinajstić information content (AvgIpc) is 3.15. The zero-order chi connectivity index (χ0) is 15.5. The Labute approximate surface area is 130 Å². The van der Waals surface area contributed by atoms with Gasteiger partial charge < -0.3 is 5.32 Å². The summed E-state index contributed by atoms with van der Waals surface area (Å²) in [4.78, 5) is 12.0. The van der Waals surface area contributed by atoms with Gasteiger partial charge in [-0.2, -0.15) is 11.3 Å². The molecule has 0 fully saturated rings. The third-order valence-electron chi connectivity index (χ3n) is 3.28. The molecule has 112 valence electrons. The van der Waals surface area contributed by atoms with E-state index < -0.39 is 0 Å². The van der Waals surface area contributed by atoms with Gasteiger partial charge in [0.15, 0.2) is 5.82 Å². The van der Waals surface area contributed by atoms with Crippen LogP contribution in [0.5, 0.6) is 0 Å². The molecule has 0 aliphatic heterocycles. The lowest BCUT2D eigenvalue weighted by atomic mass is 10.2. The number of carbonyl (C=O) groups excluding carboxylic acids is 1. The molecule has 0 aliphatic rings. The SMILES string of the molecule is Cc1c(NC(=O)c2ccsc2)nnn1Cc1ccccc1F. The van der Waals surface area contributed by atoms with Crippen LogP contribution in [0.15, 0.2) is 41.1 Å². The van der Waals surface area contributed by atoms with Crippen molar-refractivity contribution in [1.29, 1.82) is 0 Å². The smallest absolute Gasteiger partial charge is 0.257 e. The van der Waals surface area contributed by atoms with Crippen molar-refractivity contribution < 1.29 is 9.18 Å². The molecule has 0 spiro atoms. The maximum Gasteiger partial charge on any atom is 0.257 e. The number of hydrogen-bond donors (Lipinski definition) is 1. The van der Waals surface area contributed by atoms with Crippen molar-refractivity contribution in [3.8, 4) is 0 Å². The van der Waals surface area contributed by atoms with E-state index in [-0.39, 0.29) is 18.3 Å². The molecule has 5 nitrogen and oxygen atoms in total. The second-order valence-electron chi connectivity index (χ2n) is 4.74. The first kappa shape index (κ1) is 14.4. The summed E-state index contributed by atoms with van der Waals surface area (Å²) in [5.41, 5.74) is 1.77. The van der Waals surface area contributed by atoms with Gasteiger partial charge in [-0.25, -0.2) is 9.07 Å². The third kappa shape index (κ3) is 2.89. The van der Waals surface area contributed by atoms with E-state index in [0.717, 1.165) is 0 Å². The van der Waals surface area contributed by atoms with Crippen LogP contribution in [-0.4, -0.2) is 20.9 Å². The summed E-state index contributed by atoms with van der Waals surface area (Å²) in [6.45, 7) is 2.05. The van der Waals surface area contributed by atoms with Gasteiger partial charge >= 0.3 is 0 Å². The first-order valence-electron chi connectivity index (χ1n) is 6.62. The highest BCUT2D eigenvalue weighted by Gasteiger charge is 2.14. The summed E-state index contributed by atoms with van der Waals surface area (Å²) < 4.78 is 15.2. The number of halogens is 1. The van der Waals surface area contributed by atoms with Gasteiger partial charge in [-0.1, -0.05) is 23.4 Å². The fourth-order valence-electron chi connectivity index (χ4n) is 1.99. The first-order valence-corrected chi connectivity index (χ1v) is 7.56. The lowest BCUT2D eigenvalue weighted by Gasteiger charge is -2.05. The number of nitrogens with zero attached hydrogens (tertiary/aromatic N) is 3. The van der Waals surface area contributed by atoms with Crippen LogP contribution >= 0.6 is 11.3 Å². The molecule has 0 saturated heterocycles. The van der Waals surface area contributed by atoms with Crippen molar-refractivity contribution in [2.24, 2.45) is 0 Å². The van der Waals surface area contributed by atoms with Gasteiger partial charge in [0.25, 0.3) is 5.91 Å². The Kier molecular flexibility index (Phi) is 3.97. The summed E-state index contributed by atoms with van der Waals surface area (Å²) in [7, 11) is 0. The zero-order valence-electron chi connectivity index (χ0n) is 11.8. The van der Waals surface area contributed by atoms with Gasteiger partial charge in [0.05, 0.1) is 17.8 Å². The fourth-order valence-corrected chi connectivity index (χ4v) is 2.62. The van der Waals surface area contributed by atoms with Gasteiger partial charge in [0.2, 0.25) is 0 Å². The molecule has 1 N–H and O–H groups in total. The van der Waals surface area contributed by atoms with Crippen LogP contribution in [0, 0.1) is 12.7 Å². The summed E-state index contributed by atoms with van der Waals surface area (Å²) in [5, 5.41) is 14.2. The number of carbonyl (C=O) groups is 1. The number of nitrogens with one attached hydrogen (secondary N) is 1. The normalized spacial score (nSPS) is 10.6. The summed E-state index contributed by atoms with van der Waals surface area (Å²) >= 11 is 1.45. The zero-order valence-corrected chi connectivity index (χ0v) is 12.6. The Morgan fingerprint density at radius 3 is 2.91 bits per heavy atom. The minimum atomic E-state index is -0.291. The quantitative estimate of drug-likeness (QED) is 0.804. The van der Waals surface area contributed by atoms with E-state index in [9.17, 15) is 9.18 Å². The van der Waals surface area contributed by atoms with E-state index in [1.165, 1.54) is 17.4 Å². The van der Waals surface area contributed by atoms with E-state index in [1.807, 2.05) is 5.38 Å². The van der Waals surface area contributed by atoms with Gasteiger partial charge in [-0.3, -0.25) is 4.79 Å². The second-order valence-corrected chi connectivity index (χ2v) is 5.52. The third-order valence-corrected chi connectivity index (χ3v) is 3.96. The van der Waals surface area contributed by atoms with Crippen molar-refractivity contribution in [1.82, 2.24) is 15.0 Å². The maximum absolute atomic E-state index is 13.7. The molecule has 7 heteroatoms. The molecule has 0 saturated carbocycles. The average molecular weight is 316 g/mol. The van der Waals surface area contributed by atoms with Crippen LogP contribution in [-0.2, 0) is 6.54 Å². The largest absolute Gasteiger partial charge is 0.303 e. The van der Waals surface area contributed by atoms with E-state index in [1.54, 1.807) is 41.3 Å². The van der Waals surface area contributed by atoms with Crippen molar-refractivity contribution in [3.05, 3.63) is 63.7 Å². The number of amides is 1. The highest BCUT2D eigenvalue weighted by atomic mass is 32.1. The molecule has 1 aromatic carbocycles. The molecule has 0 unspecified atom stereocenters. The number of aromatic nitrogens is 3. The standard InChI is InChI=1S/C15H13FN4OS/c1-10-14(17-15(21)12-6-7-22-9-12)18-19-20(10)8-11-4-2-3-5-13(11)16/h2-7,9H,8H2,1H3,(H,17,21). The van der Waals surface area contributed by atoms with Crippen molar-refractivity contribution >= 4 is 23.1 Å². The predicted molar refractivity (Wildman–Crippen MR) is 82.5 cm³/mol. The van der Waals surface area contributed by atoms with Crippen LogP contribution < -0.4 is 5.32 Å². The van der Waals surface area contributed by atoms with Gasteiger partial charge in [0, 0.05) is 10.9 Å². The van der Waals surface area contributed by atoms with Gasteiger partial charge in [-0.15, -0.1) is 5.10 Å². The number of thiophene rings is 1. The Morgan fingerprint density at radius 1 is 1.36 bits per heavy atom. The highest BCUT2D eigenvalue weighted by molar-refractivity contribution is 7.08. The number of anilines is 1. The summed E-state index contributed by atoms with van der Waals surface area (Å²) in [5.74, 6) is -0.143. The molecule has 3 rings (SSSR count). The predicted octanol–water partition coefficient (Wildman–Crippen LogP) is 3.09. The molecule has 0 bridgehead atoms. The fraction of sp³-hybridized carbons (Fsp3) is 0.133. The molecular weight excluding hydrogens is 303 g/mol. The lowest BCUT2D eigenvalue weighted by Crippen LogP contribution is -2.12. The molecule has 1 amide bonds. The van der Waals surface area contributed by atoms with Gasteiger partial charge in [0.1, 0.15) is 5.82 Å². The molecule has 22 heavy (non-hydrogen) atoms. The van der Waals surface area contributed by atoms with Crippen molar-refractivity contribution in [3.63, 3.8) is 0 Å². The van der Waals surface area contributed by atoms with E-state index >= 15 is 0 Å². The Morgan fingerprint density at radius 2 is 2.18 bits per heavy atom. The maximum atomic E-state index is 13.7. The number of benzene rings is 1. The van der Waals surface area contributed by atoms with Crippen LogP contribution in [0.1, 0.15) is 21.6 Å². The summed E-state index contributed by atoms with van der Waals surface area (Å²) in [6.07, 6.45) is 0. The minimum absolute atomic E-state index is 0.234. The molecule has 0 atom stereocenters.